The third-order valence-electron chi connectivity index (χ3n) is 1.57. The Hall–Kier alpha value is 0.320. The molecule has 0 rings (SSSR count). The van der Waals surface area contributed by atoms with Crippen molar-refractivity contribution in [1.29, 1.82) is 0 Å². The maximum absolute atomic E-state index is 5.88. The highest BCUT2D eigenvalue weighted by atomic mass is 35.5. The first-order valence-corrected chi connectivity index (χ1v) is 4.90. The first-order chi connectivity index (χ1) is 5.07. The first-order valence-electron chi connectivity index (χ1n) is 4.09. The molecule has 0 saturated heterocycles. The number of rotatable bonds is 4. The maximum Gasteiger partial charge on any atom is 0.0661 e. The van der Waals surface area contributed by atoms with Gasteiger partial charge in [0.25, 0.3) is 0 Å². The van der Waals surface area contributed by atoms with Crippen LogP contribution in [0.5, 0.6) is 0 Å². The molecular formula is C9H16Cl2. The normalized spacial score (nSPS) is 18.1. The molecule has 0 fully saturated rings. The van der Waals surface area contributed by atoms with Crippen LogP contribution in [0.1, 0.15) is 33.6 Å². The lowest BCUT2D eigenvalue weighted by Crippen LogP contribution is -1.95. The van der Waals surface area contributed by atoms with Gasteiger partial charge in [0.05, 0.1) is 5.38 Å². The molecule has 0 nitrogen and oxygen atoms in total. The zero-order valence-electron chi connectivity index (χ0n) is 7.40. The van der Waals surface area contributed by atoms with Gasteiger partial charge in [0.15, 0.2) is 0 Å². The summed E-state index contributed by atoms with van der Waals surface area (Å²) in [5.41, 5.74) is 0. The van der Waals surface area contributed by atoms with Crippen LogP contribution in [0.3, 0.4) is 0 Å². The quantitative estimate of drug-likeness (QED) is 0.590. The summed E-state index contributed by atoms with van der Waals surface area (Å²) in [6.07, 6.45) is 4.42. The van der Waals surface area contributed by atoms with Gasteiger partial charge >= 0.3 is 0 Å². The van der Waals surface area contributed by atoms with Crippen molar-refractivity contribution in [2.24, 2.45) is 5.92 Å². The molecule has 0 aromatic carbocycles. The summed E-state index contributed by atoms with van der Waals surface area (Å²) in [5, 5.41) is 0.726. The van der Waals surface area contributed by atoms with Gasteiger partial charge in [0.1, 0.15) is 0 Å². The SMILES string of the molecule is CCCC(C)C=C(Cl)C(C)Cl. The number of allylic oxidation sites excluding steroid dienone is 2. The zero-order valence-corrected chi connectivity index (χ0v) is 8.91. The predicted octanol–water partition coefficient (Wildman–Crippen LogP) is 4.17. The highest BCUT2D eigenvalue weighted by Crippen LogP contribution is 2.18. The van der Waals surface area contributed by atoms with Gasteiger partial charge in [-0.3, -0.25) is 0 Å². The van der Waals surface area contributed by atoms with E-state index in [1.807, 2.05) is 13.0 Å². The topological polar surface area (TPSA) is 0 Å². The van der Waals surface area contributed by atoms with Crippen LogP contribution in [0.4, 0.5) is 0 Å². The molecule has 0 bridgehead atoms. The van der Waals surface area contributed by atoms with Crippen molar-refractivity contribution in [2.75, 3.05) is 0 Å². The van der Waals surface area contributed by atoms with E-state index in [-0.39, 0.29) is 5.38 Å². The summed E-state index contributed by atoms with van der Waals surface area (Å²) in [6, 6.07) is 0. The number of hydrogen-bond donors (Lipinski definition) is 0. The van der Waals surface area contributed by atoms with E-state index in [4.69, 9.17) is 23.2 Å². The molecule has 0 amide bonds. The fourth-order valence-corrected chi connectivity index (χ4v) is 1.23. The van der Waals surface area contributed by atoms with Crippen molar-refractivity contribution in [3.63, 3.8) is 0 Å². The van der Waals surface area contributed by atoms with E-state index < -0.39 is 0 Å². The zero-order chi connectivity index (χ0) is 8.85. The summed E-state index contributed by atoms with van der Waals surface area (Å²) in [4.78, 5) is 0. The van der Waals surface area contributed by atoms with E-state index in [1.54, 1.807) is 0 Å². The summed E-state index contributed by atoms with van der Waals surface area (Å²) in [6.45, 7) is 6.21. The van der Waals surface area contributed by atoms with Gasteiger partial charge in [-0.15, -0.1) is 11.6 Å². The van der Waals surface area contributed by atoms with Crippen LogP contribution in [0.15, 0.2) is 11.1 Å². The molecule has 2 heteroatoms. The summed E-state index contributed by atoms with van der Waals surface area (Å²) in [7, 11) is 0. The third-order valence-corrected chi connectivity index (χ3v) is 2.37. The Balaban J connectivity index is 3.86. The third kappa shape index (κ3) is 5.57. The largest absolute Gasteiger partial charge is 0.117 e. The van der Waals surface area contributed by atoms with Gasteiger partial charge in [-0.25, -0.2) is 0 Å². The average molecular weight is 195 g/mol. The molecule has 11 heavy (non-hydrogen) atoms. The Labute approximate surface area is 79.6 Å². The lowest BCUT2D eigenvalue weighted by Gasteiger charge is -2.06. The predicted molar refractivity (Wildman–Crippen MR) is 53.3 cm³/mol. The van der Waals surface area contributed by atoms with Crippen LogP contribution in [0.2, 0.25) is 0 Å². The van der Waals surface area contributed by atoms with Gasteiger partial charge in [0, 0.05) is 5.03 Å². The van der Waals surface area contributed by atoms with Crippen LogP contribution in [-0.2, 0) is 0 Å². The molecule has 0 aromatic rings. The minimum absolute atomic E-state index is 0.0454. The van der Waals surface area contributed by atoms with E-state index in [2.05, 4.69) is 13.8 Å². The lowest BCUT2D eigenvalue weighted by atomic mass is 10.1. The standard InChI is InChI=1S/C9H16Cl2/c1-4-5-7(2)6-9(11)8(3)10/h6-8H,4-5H2,1-3H3. The molecule has 0 aliphatic heterocycles. The van der Waals surface area contributed by atoms with Crippen LogP contribution < -0.4 is 0 Å². The second-order valence-electron chi connectivity index (χ2n) is 2.93. The van der Waals surface area contributed by atoms with Crippen molar-refractivity contribution in [3.05, 3.63) is 11.1 Å². The van der Waals surface area contributed by atoms with Crippen LogP contribution in [0.25, 0.3) is 0 Å². The van der Waals surface area contributed by atoms with Crippen LogP contribution >= 0.6 is 23.2 Å². The Kier molecular flexibility index (Phi) is 6.08. The second-order valence-corrected chi connectivity index (χ2v) is 4.02. The fourth-order valence-electron chi connectivity index (χ4n) is 0.943. The summed E-state index contributed by atoms with van der Waals surface area (Å²) >= 11 is 11.6. The molecule has 0 aliphatic rings. The van der Waals surface area contributed by atoms with E-state index in [9.17, 15) is 0 Å². The Bertz CT molecular complexity index is 128. The monoisotopic (exact) mass is 194 g/mol. The second kappa shape index (κ2) is 5.91. The average Bonchev–Trinajstić information content (AvgIpc) is 1.87. The Morgan fingerprint density at radius 3 is 2.36 bits per heavy atom. The van der Waals surface area contributed by atoms with E-state index in [0.717, 1.165) is 5.03 Å². The van der Waals surface area contributed by atoms with Crippen molar-refractivity contribution in [1.82, 2.24) is 0 Å². The number of halogens is 2. The van der Waals surface area contributed by atoms with Crippen molar-refractivity contribution in [2.45, 2.75) is 39.0 Å². The van der Waals surface area contributed by atoms with Crippen LogP contribution in [0, 0.1) is 5.92 Å². The van der Waals surface area contributed by atoms with Crippen molar-refractivity contribution >= 4 is 23.2 Å². The van der Waals surface area contributed by atoms with Crippen molar-refractivity contribution in [3.8, 4) is 0 Å². The molecule has 0 aliphatic carbocycles. The number of alkyl halides is 1. The van der Waals surface area contributed by atoms with Crippen molar-refractivity contribution < 1.29 is 0 Å². The fraction of sp³-hybridized carbons (Fsp3) is 0.778. The van der Waals surface area contributed by atoms with E-state index >= 15 is 0 Å². The maximum atomic E-state index is 5.88. The molecule has 0 spiro atoms. The van der Waals surface area contributed by atoms with Gasteiger partial charge < -0.3 is 0 Å². The molecule has 66 valence electrons. The molecular weight excluding hydrogens is 179 g/mol. The molecule has 0 radical (unpaired) electrons. The number of hydrogen-bond acceptors (Lipinski definition) is 0. The molecule has 2 unspecified atom stereocenters. The van der Waals surface area contributed by atoms with Gasteiger partial charge in [-0.05, 0) is 19.3 Å². The molecule has 0 aromatic heterocycles. The highest BCUT2D eigenvalue weighted by molar-refractivity contribution is 6.37. The Morgan fingerprint density at radius 1 is 1.45 bits per heavy atom. The minimum Gasteiger partial charge on any atom is -0.117 e. The first kappa shape index (κ1) is 11.3. The minimum atomic E-state index is -0.0454. The van der Waals surface area contributed by atoms with Crippen LogP contribution in [-0.4, -0.2) is 5.38 Å². The molecule has 0 heterocycles. The highest BCUT2D eigenvalue weighted by Gasteiger charge is 2.03. The molecule has 0 saturated carbocycles. The molecule has 0 N–H and O–H groups in total. The van der Waals surface area contributed by atoms with Gasteiger partial charge in [0.2, 0.25) is 0 Å². The Morgan fingerprint density at radius 2 is 2.00 bits per heavy atom. The lowest BCUT2D eigenvalue weighted by molar-refractivity contribution is 0.631. The van der Waals surface area contributed by atoms with E-state index in [1.165, 1.54) is 12.8 Å². The van der Waals surface area contributed by atoms with Gasteiger partial charge in [-0.1, -0.05) is 37.9 Å². The summed E-state index contributed by atoms with van der Waals surface area (Å²) < 4.78 is 0. The van der Waals surface area contributed by atoms with Gasteiger partial charge in [-0.2, -0.15) is 0 Å². The molecule has 2 atom stereocenters. The summed E-state index contributed by atoms with van der Waals surface area (Å²) in [5.74, 6) is 0.550. The van der Waals surface area contributed by atoms with E-state index in [0.29, 0.717) is 5.92 Å². The smallest absolute Gasteiger partial charge is 0.0661 e.